The highest BCUT2D eigenvalue weighted by Crippen LogP contribution is 2.51. The fraction of sp³-hybridized carbons (Fsp3) is 0.240. The van der Waals surface area contributed by atoms with Crippen LogP contribution in [0.5, 0.6) is 0 Å². The molecule has 5 heteroatoms. The summed E-state index contributed by atoms with van der Waals surface area (Å²) in [5.74, 6) is -1.48. The van der Waals surface area contributed by atoms with Gasteiger partial charge in [0.15, 0.2) is 22.9 Å². The van der Waals surface area contributed by atoms with Gasteiger partial charge in [0.1, 0.15) is 5.76 Å². The van der Waals surface area contributed by atoms with E-state index in [0.29, 0.717) is 29.0 Å². The van der Waals surface area contributed by atoms with E-state index in [1.54, 1.807) is 60.7 Å². The maximum absolute atomic E-state index is 13.8. The van der Waals surface area contributed by atoms with Crippen molar-refractivity contribution in [3.8, 4) is 0 Å². The van der Waals surface area contributed by atoms with E-state index in [1.165, 1.54) is 0 Å². The topological polar surface area (TPSA) is 67.6 Å². The minimum absolute atomic E-state index is 0.213. The Morgan fingerprint density at radius 1 is 0.967 bits per heavy atom. The summed E-state index contributed by atoms with van der Waals surface area (Å²) in [6.45, 7) is 2.33. The van der Waals surface area contributed by atoms with Crippen LogP contribution < -0.4 is 0 Å². The lowest BCUT2D eigenvalue weighted by Crippen LogP contribution is -2.57. The number of fused-ring (bicyclic) bond motifs is 1. The number of hydrogen-bond acceptors (Lipinski definition) is 5. The van der Waals surface area contributed by atoms with Gasteiger partial charge in [-0.2, -0.15) is 0 Å². The Morgan fingerprint density at radius 3 is 2.17 bits per heavy atom. The lowest BCUT2D eigenvalue weighted by atomic mass is 9.71. The molecule has 0 radical (unpaired) electrons. The number of likely N-dealkylation sites (N-methyl/N-ethyl adjacent to an activating group) is 1. The number of hydrogen-bond donors (Lipinski definition) is 0. The van der Waals surface area contributed by atoms with E-state index in [1.807, 2.05) is 25.1 Å². The van der Waals surface area contributed by atoms with Crippen molar-refractivity contribution in [2.45, 2.75) is 18.4 Å². The average molecular weight is 399 g/mol. The van der Waals surface area contributed by atoms with Crippen molar-refractivity contribution in [2.75, 3.05) is 13.6 Å². The minimum Gasteiger partial charge on any atom is -0.469 e. The normalized spacial score (nSPS) is 22.6. The lowest BCUT2D eigenvalue weighted by Gasteiger charge is -2.33. The van der Waals surface area contributed by atoms with Crippen LogP contribution in [0.4, 0.5) is 0 Å². The summed E-state index contributed by atoms with van der Waals surface area (Å²) >= 11 is 0. The van der Waals surface area contributed by atoms with Crippen molar-refractivity contribution in [2.24, 2.45) is 5.92 Å². The molecule has 2 atom stereocenters. The molecule has 1 saturated heterocycles. The van der Waals surface area contributed by atoms with Crippen molar-refractivity contribution in [1.82, 2.24) is 4.90 Å². The first kappa shape index (κ1) is 18.7. The van der Waals surface area contributed by atoms with Crippen molar-refractivity contribution >= 4 is 17.3 Å². The van der Waals surface area contributed by atoms with Crippen molar-refractivity contribution in [3.63, 3.8) is 0 Å². The molecule has 5 nitrogen and oxygen atoms in total. The molecule has 150 valence electrons. The molecule has 0 unspecified atom stereocenters. The molecule has 2 heterocycles. The van der Waals surface area contributed by atoms with Crippen molar-refractivity contribution in [1.29, 1.82) is 0 Å². The Morgan fingerprint density at radius 2 is 1.60 bits per heavy atom. The highest BCUT2D eigenvalue weighted by Gasteiger charge is 2.68. The van der Waals surface area contributed by atoms with E-state index in [-0.39, 0.29) is 17.3 Å². The summed E-state index contributed by atoms with van der Waals surface area (Å²) in [4.78, 5) is 43.0. The van der Waals surface area contributed by atoms with Gasteiger partial charge in [0, 0.05) is 29.2 Å². The maximum Gasteiger partial charge on any atom is 0.192 e. The lowest BCUT2D eigenvalue weighted by molar-refractivity contribution is 0.0514. The van der Waals surface area contributed by atoms with Gasteiger partial charge in [0.25, 0.3) is 0 Å². The third kappa shape index (κ3) is 2.36. The number of rotatable bonds is 3. The first-order valence-electron chi connectivity index (χ1n) is 10.0. The van der Waals surface area contributed by atoms with Crippen LogP contribution in [0.3, 0.4) is 0 Å². The largest absolute Gasteiger partial charge is 0.469 e. The summed E-state index contributed by atoms with van der Waals surface area (Å²) in [7, 11) is 1.75. The SMILES string of the molecule is Cc1ccc(C(=O)[C@@H]2[C@@H](c3ccco3)CN(C)C23C(=O)c2ccccc2C3=O)cc1. The number of ketones is 3. The van der Waals surface area contributed by atoms with Gasteiger partial charge >= 0.3 is 0 Å². The van der Waals surface area contributed by atoms with Crippen molar-refractivity contribution in [3.05, 3.63) is 94.9 Å². The number of carbonyl (C=O) groups excluding carboxylic acids is 3. The van der Waals surface area contributed by atoms with Crippen LogP contribution in [0.1, 0.15) is 48.3 Å². The van der Waals surface area contributed by atoms with Gasteiger partial charge < -0.3 is 4.42 Å². The molecule has 30 heavy (non-hydrogen) atoms. The number of aryl methyl sites for hydroxylation is 1. The highest BCUT2D eigenvalue weighted by molar-refractivity contribution is 6.35. The first-order valence-corrected chi connectivity index (χ1v) is 10.0. The van der Waals surface area contributed by atoms with Gasteiger partial charge in [-0.3, -0.25) is 19.3 Å². The summed E-state index contributed by atoms with van der Waals surface area (Å²) in [6.07, 6.45) is 1.56. The number of nitrogens with zero attached hydrogens (tertiary/aromatic N) is 1. The average Bonchev–Trinajstić information content (AvgIpc) is 3.44. The van der Waals surface area contributed by atoms with E-state index in [2.05, 4.69) is 0 Å². The molecule has 0 amide bonds. The van der Waals surface area contributed by atoms with Gasteiger partial charge in [0.2, 0.25) is 0 Å². The van der Waals surface area contributed by atoms with Crippen LogP contribution in [-0.2, 0) is 0 Å². The molecule has 3 aromatic rings. The molecule has 1 fully saturated rings. The van der Waals surface area contributed by atoms with Crippen LogP contribution in [-0.4, -0.2) is 41.4 Å². The number of Topliss-reactive ketones (excluding diaryl/α,β-unsaturated/α-hetero) is 3. The molecular formula is C25H21NO4. The van der Waals surface area contributed by atoms with Crippen LogP contribution >= 0.6 is 0 Å². The molecule has 1 aliphatic carbocycles. The van der Waals surface area contributed by atoms with Crippen LogP contribution in [0.15, 0.2) is 71.3 Å². The van der Waals surface area contributed by atoms with E-state index in [4.69, 9.17) is 4.42 Å². The van der Waals surface area contributed by atoms with Gasteiger partial charge in [0.05, 0.1) is 12.2 Å². The molecule has 1 aromatic heterocycles. The predicted octanol–water partition coefficient (Wildman–Crippen LogP) is 3.93. The second-order valence-electron chi connectivity index (χ2n) is 8.18. The predicted molar refractivity (Wildman–Crippen MR) is 111 cm³/mol. The zero-order chi connectivity index (χ0) is 21.0. The minimum atomic E-state index is -1.55. The quantitative estimate of drug-likeness (QED) is 0.493. The summed E-state index contributed by atoms with van der Waals surface area (Å²) in [5, 5.41) is 0. The second kappa shape index (κ2) is 6.61. The molecule has 5 rings (SSSR count). The Labute approximate surface area is 174 Å². The number of carbonyl (C=O) groups is 3. The molecule has 2 aliphatic rings. The molecule has 1 aliphatic heterocycles. The zero-order valence-electron chi connectivity index (χ0n) is 16.8. The Kier molecular flexibility index (Phi) is 4.12. The summed E-state index contributed by atoms with van der Waals surface area (Å²) in [6, 6.07) is 17.7. The van der Waals surface area contributed by atoms with Crippen LogP contribution in [0.2, 0.25) is 0 Å². The van der Waals surface area contributed by atoms with Gasteiger partial charge in [-0.15, -0.1) is 0 Å². The second-order valence-corrected chi connectivity index (χ2v) is 8.18. The number of benzene rings is 2. The third-order valence-electron chi connectivity index (χ3n) is 6.56. The Hall–Kier alpha value is -3.31. The number of furan rings is 1. The molecule has 1 spiro atoms. The fourth-order valence-corrected chi connectivity index (χ4v) is 5.12. The first-order chi connectivity index (χ1) is 14.5. The van der Waals surface area contributed by atoms with Crippen LogP contribution in [0, 0.1) is 12.8 Å². The Bertz CT molecular complexity index is 1130. The maximum atomic E-state index is 13.8. The standard InChI is InChI=1S/C25H21NO4/c1-15-9-11-16(12-10-15)22(27)21-19(20-8-5-13-30-20)14-26(2)25(21)23(28)17-6-3-4-7-18(17)24(25)29/h3-13,19,21H,14H2,1-2H3/t19-,21+/m1/s1. The third-order valence-corrected chi connectivity index (χ3v) is 6.56. The molecule has 0 bridgehead atoms. The molecule has 0 saturated carbocycles. The summed E-state index contributed by atoms with van der Waals surface area (Å²) in [5.41, 5.74) is 0.747. The van der Waals surface area contributed by atoms with Gasteiger partial charge in [-0.25, -0.2) is 0 Å². The zero-order valence-corrected chi connectivity index (χ0v) is 16.8. The van der Waals surface area contributed by atoms with Gasteiger partial charge in [-0.05, 0) is 26.1 Å². The molecule has 2 aromatic carbocycles. The van der Waals surface area contributed by atoms with E-state index < -0.39 is 17.4 Å². The molecule has 0 N–H and O–H groups in total. The van der Waals surface area contributed by atoms with Crippen molar-refractivity contribution < 1.29 is 18.8 Å². The van der Waals surface area contributed by atoms with E-state index in [0.717, 1.165) is 5.56 Å². The van der Waals surface area contributed by atoms with Crippen LogP contribution in [0.25, 0.3) is 0 Å². The van der Waals surface area contributed by atoms with E-state index >= 15 is 0 Å². The fourth-order valence-electron chi connectivity index (χ4n) is 5.12. The molecular weight excluding hydrogens is 378 g/mol. The summed E-state index contributed by atoms with van der Waals surface area (Å²) < 4.78 is 5.65. The smallest absolute Gasteiger partial charge is 0.192 e. The Balaban J connectivity index is 1.71. The van der Waals surface area contributed by atoms with Gasteiger partial charge in [-0.1, -0.05) is 54.1 Å². The number of likely N-dealkylation sites (tertiary alicyclic amines) is 1. The highest BCUT2D eigenvalue weighted by atomic mass is 16.3. The van der Waals surface area contributed by atoms with E-state index in [9.17, 15) is 14.4 Å². The monoisotopic (exact) mass is 399 g/mol.